The summed E-state index contributed by atoms with van der Waals surface area (Å²) in [5, 5.41) is 6.15. The molecule has 0 fully saturated rings. The van der Waals surface area contributed by atoms with Crippen LogP contribution in [0, 0.1) is 0 Å². The third-order valence-corrected chi connectivity index (χ3v) is 5.62. The van der Waals surface area contributed by atoms with Gasteiger partial charge in [-0.1, -0.05) is 54.6 Å². The molecule has 7 nitrogen and oxygen atoms in total. The lowest BCUT2D eigenvalue weighted by atomic mass is 9.98. The third-order valence-electron chi connectivity index (χ3n) is 5.62. The number of ether oxygens (including phenoxy) is 1. The molecule has 0 spiro atoms. The maximum atomic E-state index is 13.4. The number of methoxy groups -OCH3 is 1. The van der Waals surface area contributed by atoms with Gasteiger partial charge in [0.05, 0.1) is 24.4 Å². The van der Waals surface area contributed by atoms with Crippen LogP contribution in [0.2, 0.25) is 0 Å². The highest BCUT2D eigenvalue weighted by molar-refractivity contribution is 6.03. The minimum Gasteiger partial charge on any atom is -0.497 e. The molecule has 0 saturated carbocycles. The molecule has 1 aromatic heterocycles. The minimum absolute atomic E-state index is 0.165. The van der Waals surface area contributed by atoms with E-state index in [1.165, 1.54) is 9.58 Å². The average Bonchev–Trinajstić information content (AvgIpc) is 3.42. The second kappa shape index (κ2) is 8.19. The monoisotopic (exact) mass is 427 g/mol. The van der Waals surface area contributed by atoms with E-state index < -0.39 is 5.76 Å². The molecule has 1 aliphatic heterocycles. The molecule has 5 rings (SSSR count). The van der Waals surface area contributed by atoms with Crippen molar-refractivity contribution in [2.45, 2.75) is 19.0 Å². The van der Waals surface area contributed by atoms with Crippen molar-refractivity contribution in [3.05, 3.63) is 101 Å². The number of carbonyl (C=O) groups excluding carboxylic acids is 1. The van der Waals surface area contributed by atoms with Gasteiger partial charge in [0, 0.05) is 6.42 Å². The SMILES string of the molecule is COc1cccc(C2CC(c3ccccc3)=NN2C(=O)Cn2c(=O)oc3ccccc32)c1. The zero-order chi connectivity index (χ0) is 22.1. The Morgan fingerprint density at radius 3 is 2.66 bits per heavy atom. The van der Waals surface area contributed by atoms with E-state index in [4.69, 9.17) is 9.15 Å². The van der Waals surface area contributed by atoms with Crippen molar-refractivity contribution in [1.82, 2.24) is 9.58 Å². The molecule has 1 atom stereocenters. The van der Waals surface area contributed by atoms with Gasteiger partial charge < -0.3 is 9.15 Å². The number of rotatable bonds is 5. The van der Waals surface area contributed by atoms with Crippen molar-refractivity contribution < 1.29 is 13.9 Å². The van der Waals surface area contributed by atoms with Gasteiger partial charge in [-0.15, -0.1) is 0 Å². The van der Waals surface area contributed by atoms with Gasteiger partial charge in [-0.05, 0) is 35.4 Å². The second-order valence-corrected chi connectivity index (χ2v) is 7.57. The molecular weight excluding hydrogens is 406 g/mol. The number of hydrogen-bond donors (Lipinski definition) is 0. The highest BCUT2D eigenvalue weighted by Gasteiger charge is 2.33. The molecule has 0 saturated heterocycles. The zero-order valence-electron chi connectivity index (χ0n) is 17.5. The Balaban J connectivity index is 1.52. The third kappa shape index (κ3) is 3.58. The van der Waals surface area contributed by atoms with Crippen LogP contribution in [0.3, 0.4) is 0 Å². The van der Waals surface area contributed by atoms with Crippen LogP contribution in [-0.4, -0.2) is 28.3 Å². The number of fused-ring (bicyclic) bond motifs is 1. The number of para-hydroxylation sites is 2. The van der Waals surface area contributed by atoms with Gasteiger partial charge in [0.25, 0.3) is 5.91 Å². The van der Waals surface area contributed by atoms with E-state index in [-0.39, 0.29) is 18.5 Å². The van der Waals surface area contributed by atoms with Crippen molar-refractivity contribution in [2.75, 3.05) is 7.11 Å². The Bertz CT molecular complexity index is 1370. The predicted octanol–water partition coefficient (Wildman–Crippen LogP) is 3.98. The standard InChI is InChI=1S/C25H21N3O4/c1-31-19-11-7-10-18(14-19)22-15-20(17-8-3-2-4-9-17)26-28(22)24(29)16-27-21-12-5-6-13-23(21)32-25(27)30/h2-14,22H,15-16H2,1H3. The number of aromatic nitrogens is 1. The summed E-state index contributed by atoms with van der Waals surface area (Å²) in [7, 11) is 1.61. The molecule has 32 heavy (non-hydrogen) atoms. The van der Waals surface area contributed by atoms with E-state index >= 15 is 0 Å². The Kier molecular flexibility index (Phi) is 5.07. The van der Waals surface area contributed by atoms with Gasteiger partial charge in [-0.25, -0.2) is 9.80 Å². The first-order valence-corrected chi connectivity index (χ1v) is 10.3. The van der Waals surface area contributed by atoms with Gasteiger partial charge in [0.15, 0.2) is 5.58 Å². The number of benzene rings is 3. The fraction of sp³-hybridized carbons (Fsp3) is 0.160. The second-order valence-electron chi connectivity index (χ2n) is 7.57. The Hall–Kier alpha value is -4.13. The van der Waals surface area contributed by atoms with E-state index in [1.54, 1.807) is 31.4 Å². The first-order chi connectivity index (χ1) is 15.6. The first-order valence-electron chi connectivity index (χ1n) is 10.3. The minimum atomic E-state index is -0.566. The van der Waals surface area contributed by atoms with Crippen molar-refractivity contribution in [1.29, 1.82) is 0 Å². The zero-order valence-corrected chi connectivity index (χ0v) is 17.5. The smallest absolute Gasteiger partial charge is 0.420 e. The maximum Gasteiger partial charge on any atom is 0.420 e. The van der Waals surface area contributed by atoms with Crippen LogP contribution in [0.25, 0.3) is 11.1 Å². The lowest BCUT2D eigenvalue weighted by molar-refractivity contribution is -0.133. The Morgan fingerprint density at radius 2 is 1.84 bits per heavy atom. The number of oxazole rings is 1. The van der Waals surface area contributed by atoms with Gasteiger partial charge in [0.2, 0.25) is 0 Å². The summed E-state index contributed by atoms with van der Waals surface area (Å²) >= 11 is 0. The highest BCUT2D eigenvalue weighted by atomic mass is 16.5. The maximum absolute atomic E-state index is 13.4. The fourth-order valence-corrected chi connectivity index (χ4v) is 4.03. The van der Waals surface area contributed by atoms with Crippen molar-refractivity contribution >= 4 is 22.7 Å². The molecule has 0 N–H and O–H groups in total. The largest absolute Gasteiger partial charge is 0.497 e. The van der Waals surface area contributed by atoms with Crippen LogP contribution >= 0.6 is 0 Å². The molecule has 0 aliphatic carbocycles. The van der Waals surface area contributed by atoms with Gasteiger partial charge in [0.1, 0.15) is 12.3 Å². The summed E-state index contributed by atoms with van der Waals surface area (Å²) in [6, 6.07) is 24.2. The van der Waals surface area contributed by atoms with Crippen LogP contribution in [-0.2, 0) is 11.3 Å². The molecule has 1 aliphatic rings. The lowest BCUT2D eigenvalue weighted by Gasteiger charge is -2.22. The van der Waals surface area contributed by atoms with E-state index in [0.717, 1.165) is 16.8 Å². The summed E-state index contributed by atoms with van der Waals surface area (Å²) in [6.45, 7) is -0.165. The molecule has 7 heteroatoms. The fourth-order valence-electron chi connectivity index (χ4n) is 4.03. The van der Waals surface area contributed by atoms with E-state index in [9.17, 15) is 9.59 Å². The summed E-state index contributed by atoms with van der Waals surface area (Å²) in [5.74, 6) is -0.151. The highest BCUT2D eigenvalue weighted by Crippen LogP contribution is 2.34. The lowest BCUT2D eigenvalue weighted by Crippen LogP contribution is -2.32. The topological polar surface area (TPSA) is 77.0 Å². The predicted molar refractivity (Wildman–Crippen MR) is 121 cm³/mol. The van der Waals surface area contributed by atoms with E-state index in [1.807, 2.05) is 54.6 Å². The Morgan fingerprint density at radius 1 is 1.06 bits per heavy atom. The number of carbonyl (C=O) groups is 1. The van der Waals surface area contributed by atoms with Gasteiger partial charge in [-0.3, -0.25) is 9.36 Å². The molecule has 3 aromatic carbocycles. The quantitative estimate of drug-likeness (QED) is 0.483. The number of amides is 1. The summed E-state index contributed by atoms with van der Waals surface area (Å²) < 4.78 is 12.0. The van der Waals surface area contributed by atoms with Crippen molar-refractivity contribution in [3.63, 3.8) is 0 Å². The van der Waals surface area contributed by atoms with Crippen molar-refractivity contribution in [2.24, 2.45) is 5.10 Å². The van der Waals surface area contributed by atoms with Gasteiger partial charge >= 0.3 is 5.76 Å². The molecule has 1 amide bonds. The summed E-state index contributed by atoms with van der Waals surface area (Å²) in [4.78, 5) is 25.8. The molecule has 0 bridgehead atoms. The average molecular weight is 427 g/mol. The number of hydrogen-bond acceptors (Lipinski definition) is 5. The molecule has 0 radical (unpaired) electrons. The Labute approximate surface area is 184 Å². The number of hydrazone groups is 1. The summed E-state index contributed by atoms with van der Waals surface area (Å²) in [6.07, 6.45) is 0.559. The molecular formula is C25H21N3O4. The number of nitrogens with zero attached hydrogens (tertiary/aromatic N) is 3. The summed E-state index contributed by atoms with van der Waals surface area (Å²) in [5.41, 5.74) is 3.72. The van der Waals surface area contributed by atoms with Crippen molar-refractivity contribution in [3.8, 4) is 5.75 Å². The first kappa shape index (κ1) is 19.8. The molecule has 1 unspecified atom stereocenters. The molecule has 160 valence electrons. The van der Waals surface area contributed by atoms with E-state index in [2.05, 4.69) is 5.10 Å². The van der Waals surface area contributed by atoms with Crippen LogP contribution in [0.5, 0.6) is 5.75 Å². The van der Waals surface area contributed by atoms with Crippen LogP contribution < -0.4 is 10.5 Å². The van der Waals surface area contributed by atoms with Crippen LogP contribution in [0.15, 0.2) is 93.2 Å². The van der Waals surface area contributed by atoms with Crippen LogP contribution in [0.1, 0.15) is 23.6 Å². The van der Waals surface area contributed by atoms with Gasteiger partial charge in [-0.2, -0.15) is 5.10 Å². The molecule has 2 heterocycles. The van der Waals surface area contributed by atoms with Crippen LogP contribution in [0.4, 0.5) is 0 Å². The molecule has 4 aromatic rings. The van der Waals surface area contributed by atoms with E-state index in [0.29, 0.717) is 23.3 Å². The normalized spacial score (nSPS) is 15.7.